The van der Waals surface area contributed by atoms with E-state index in [1.54, 1.807) is 24.5 Å². The van der Waals surface area contributed by atoms with Gasteiger partial charge in [-0.15, -0.1) is 0 Å². The van der Waals surface area contributed by atoms with E-state index in [-0.39, 0.29) is 5.69 Å². The molecule has 2 aromatic heterocycles. The van der Waals surface area contributed by atoms with Crippen LogP contribution in [0.2, 0.25) is 0 Å². The Morgan fingerprint density at radius 2 is 2.07 bits per heavy atom. The molecule has 0 saturated carbocycles. The van der Waals surface area contributed by atoms with Crippen molar-refractivity contribution in [3.63, 3.8) is 0 Å². The molecule has 0 bridgehead atoms. The third-order valence-electron chi connectivity index (χ3n) is 1.78. The average molecular weight is 269 g/mol. The molecule has 0 unspecified atom stereocenters. The summed E-state index contributed by atoms with van der Waals surface area (Å²) in [6.45, 7) is 0. The second kappa shape index (κ2) is 3.82. The quantitative estimate of drug-likeness (QED) is 0.904. The van der Waals surface area contributed by atoms with Crippen LogP contribution in [0.5, 0.6) is 0 Å². The fraction of sp³-hybridized carbons (Fsp3) is 0. The topological polar surface area (TPSA) is 76.2 Å². The molecule has 6 heteroatoms. The van der Waals surface area contributed by atoms with Gasteiger partial charge >= 0.3 is 5.97 Å². The van der Waals surface area contributed by atoms with Crippen molar-refractivity contribution in [2.24, 2.45) is 0 Å². The fourth-order valence-electron chi connectivity index (χ4n) is 1.09. The maximum absolute atomic E-state index is 10.7. The highest BCUT2D eigenvalue weighted by atomic mass is 79.9. The van der Waals surface area contributed by atoms with Crippen LogP contribution in [-0.2, 0) is 0 Å². The second-order valence-electron chi connectivity index (χ2n) is 2.72. The Kier molecular flexibility index (Phi) is 2.51. The molecule has 2 heterocycles. The number of aromatic carboxylic acids is 1. The van der Waals surface area contributed by atoms with Crippen LogP contribution in [-0.4, -0.2) is 21.2 Å². The van der Waals surface area contributed by atoms with Crippen LogP contribution < -0.4 is 0 Å². The molecule has 0 aromatic carbocycles. The Balaban J connectivity index is 2.52. The van der Waals surface area contributed by atoms with Crippen molar-refractivity contribution in [2.75, 3.05) is 0 Å². The van der Waals surface area contributed by atoms with E-state index >= 15 is 0 Å². The lowest BCUT2D eigenvalue weighted by atomic mass is 10.2. The number of nitrogens with zero attached hydrogens (tertiary/aromatic N) is 2. The minimum absolute atomic E-state index is 0.137. The standard InChI is InChI=1S/C9H5BrN2O3/c10-6-7(9(13)14)12-15-8(6)5-1-3-11-4-2-5/h1-4H,(H,13,14). The van der Waals surface area contributed by atoms with Gasteiger partial charge in [-0.1, -0.05) is 5.16 Å². The van der Waals surface area contributed by atoms with Crippen LogP contribution in [0.4, 0.5) is 0 Å². The zero-order valence-corrected chi connectivity index (χ0v) is 8.93. The van der Waals surface area contributed by atoms with Crippen molar-refractivity contribution in [1.29, 1.82) is 0 Å². The molecule has 5 nitrogen and oxygen atoms in total. The van der Waals surface area contributed by atoms with Crippen molar-refractivity contribution in [3.8, 4) is 11.3 Å². The van der Waals surface area contributed by atoms with Gasteiger partial charge in [0.2, 0.25) is 5.69 Å². The van der Waals surface area contributed by atoms with E-state index in [0.717, 1.165) is 5.56 Å². The van der Waals surface area contributed by atoms with Gasteiger partial charge in [-0.2, -0.15) is 0 Å². The van der Waals surface area contributed by atoms with Gasteiger partial charge in [0.15, 0.2) is 5.76 Å². The van der Waals surface area contributed by atoms with E-state index in [9.17, 15) is 4.79 Å². The van der Waals surface area contributed by atoms with E-state index < -0.39 is 5.97 Å². The molecule has 0 fully saturated rings. The summed E-state index contributed by atoms with van der Waals surface area (Å²) >= 11 is 3.13. The van der Waals surface area contributed by atoms with E-state index in [0.29, 0.717) is 10.2 Å². The number of rotatable bonds is 2. The average Bonchev–Trinajstić information content (AvgIpc) is 2.61. The summed E-state index contributed by atoms with van der Waals surface area (Å²) in [4.78, 5) is 14.6. The third kappa shape index (κ3) is 1.75. The molecule has 0 atom stereocenters. The SMILES string of the molecule is O=C(O)c1noc(-c2ccncc2)c1Br. The molecule has 1 N–H and O–H groups in total. The summed E-state index contributed by atoms with van der Waals surface area (Å²) in [7, 11) is 0. The number of hydrogen-bond donors (Lipinski definition) is 1. The van der Waals surface area contributed by atoms with Crippen molar-refractivity contribution in [2.45, 2.75) is 0 Å². The van der Waals surface area contributed by atoms with Gasteiger partial charge in [-0.25, -0.2) is 4.79 Å². The smallest absolute Gasteiger partial charge is 0.359 e. The molecule has 0 amide bonds. The third-order valence-corrected chi connectivity index (χ3v) is 2.52. The first-order valence-electron chi connectivity index (χ1n) is 3.99. The maximum Gasteiger partial charge on any atom is 0.359 e. The summed E-state index contributed by atoms with van der Waals surface area (Å²) in [5.41, 5.74) is 0.582. The summed E-state index contributed by atoms with van der Waals surface area (Å²) < 4.78 is 5.27. The van der Waals surface area contributed by atoms with E-state index in [1.807, 2.05) is 0 Å². The Morgan fingerprint density at radius 1 is 1.40 bits per heavy atom. The number of carboxylic acids is 1. The molecule has 2 aromatic rings. The van der Waals surface area contributed by atoms with E-state index in [1.165, 1.54) is 0 Å². The zero-order chi connectivity index (χ0) is 10.8. The first kappa shape index (κ1) is 9.85. The minimum atomic E-state index is -1.13. The lowest BCUT2D eigenvalue weighted by Gasteiger charge is -1.93. The van der Waals surface area contributed by atoms with Gasteiger partial charge in [0.1, 0.15) is 4.47 Å². The van der Waals surface area contributed by atoms with Crippen molar-refractivity contribution >= 4 is 21.9 Å². The molecular formula is C9H5BrN2O3. The van der Waals surface area contributed by atoms with Crippen molar-refractivity contribution < 1.29 is 14.4 Å². The molecule has 0 aliphatic heterocycles. The van der Waals surface area contributed by atoms with Crippen molar-refractivity contribution in [3.05, 3.63) is 34.7 Å². The van der Waals surface area contributed by atoms with Gasteiger partial charge in [0.05, 0.1) is 0 Å². The van der Waals surface area contributed by atoms with Crippen molar-refractivity contribution in [1.82, 2.24) is 10.1 Å². The normalized spacial score (nSPS) is 10.2. The predicted molar refractivity (Wildman–Crippen MR) is 54.4 cm³/mol. The zero-order valence-electron chi connectivity index (χ0n) is 7.35. The van der Waals surface area contributed by atoms with Gasteiger partial charge in [0.25, 0.3) is 0 Å². The highest BCUT2D eigenvalue weighted by Gasteiger charge is 2.19. The number of aromatic nitrogens is 2. The highest BCUT2D eigenvalue weighted by molar-refractivity contribution is 9.10. The first-order chi connectivity index (χ1) is 7.20. The molecule has 0 aliphatic carbocycles. The van der Waals surface area contributed by atoms with Crippen LogP contribution in [0.1, 0.15) is 10.5 Å². The van der Waals surface area contributed by atoms with Gasteiger partial charge < -0.3 is 9.63 Å². The maximum atomic E-state index is 10.7. The lowest BCUT2D eigenvalue weighted by Crippen LogP contribution is -1.96. The number of carboxylic acid groups (broad SMARTS) is 1. The number of carbonyl (C=O) groups is 1. The second-order valence-corrected chi connectivity index (χ2v) is 3.51. The summed E-state index contributed by atoms with van der Waals surface area (Å²) in [5.74, 6) is -0.749. The summed E-state index contributed by atoms with van der Waals surface area (Å²) in [6.07, 6.45) is 3.18. The van der Waals surface area contributed by atoms with Gasteiger partial charge in [0, 0.05) is 18.0 Å². The number of halogens is 1. The molecule has 2 rings (SSSR count). The molecule has 76 valence electrons. The number of pyridine rings is 1. The molecule has 0 spiro atoms. The van der Waals surface area contributed by atoms with Crippen LogP contribution in [0.3, 0.4) is 0 Å². The highest BCUT2D eigenvalue weighted by Crippen LogP contribution is 2.30. The molecule has 0 aliphatic rings. The van der Waals surface area contributed by atoms with E-state index in [2.05, 4.69) is 26.1 Å². The number of hydrogen-bond acceptors (Lipinski definition) is 4. The molecular weight excluding hydrogens is 264 g/mol. The molecule has 0 saturated heterocycles. The largest absolute Gasteiger partial charge is 0.476 e. The van der Waals surface area contributed by atoms with E-state index in [4.69, 9.17) is 9.63 Å². The summed E-state index contributed by atoms with van der Waals surface area (Å²) in [5, 5.41) is 12.2. The molecule has 0 radical (unpaired) electrons. The molecule has 15 heavy (non-hydrogen) atoms. The Bertz CT molecular complexity index is 495. The van der Waals surface area contributed by atoms with Crippen LogP contribution in [0.25, 0.3) is 11.3 Å². The Hall–Kier alpha value is -1.69. The first-order valence-corrected chi connectivity index (χ1v) is 4.78. The lowest BCUT2D eigenvalue weighted by molar-refractivity contribution is 0.0685. The predicted octanol–water partition coefficient (Wildman–Crippen LogP) is 2.20. The Morgan fingerprint density at radius 3 is 2.60 bits per heavy atom. The fourth-order valence-corrected chi connectivity index (χ4v) is 1.64. The summed E-state index contributed by atoms with van der Waals surface area (Å²) in [6, 6.07) is 3.41. The minimum Gasteiger partial charge on any atom is -0.476 e. The van der Waals surface area contributed by atoms with Crippen LogP contribution in [0.15, 0.2) is 33.5 Å². The van der Waals surface area contributed by atoms with Gasteiger partial charge in [-0.3, -0.25) is 4.98 Å². The van der Waals surface area contributed by atoms with Crippen LogP contribution in [0, 0.1) is 0 Å². The van der Waals surface area contributed by atoms with Gasteiger partial charge in [-0.05, 0) is 28.1 Å². The monoisotopic (exact) mass is 268 g/mol. The van der Waals surface area contributed by atoms with Crippen LogP contribution >= 0.6 is 15.9 Å². The Labute approximate surface area is 92.9 Å².